The Morgan fingerprint density at radius 1 is 1.16 bits per heavy atom. The van der Waals surface area contributed by atoms with Crippen molar-refractivity contribution in [2.45, 2.75) is 62.8 Å². The Morgan fingerprint density at radius 2 is 1.89 bits per heavy atom. The number of hydrogen-bond donors (Lipinski definition) is 2. The molecule has 2 aromatic heterocycles. The van der Waals surface area contributed by atoms with Crippen LogP contribution in [0.1, 0.15) is 71.1 Å². The van der Waals surface area contributed by atoms with E-state index in [-0.39, 0.29) is 17.1 Å². The van der Waals surface area contributed by atoms with Gasteiger partial charge in [0.05, 0.1) is 38.5 Å². The minimum atomic E-state index is -0.973. The largest absolute Gasteiger partial charge is 0.478 e. The van der Waals surface area contributed by atoms with E-state index in [1.54, 1.807) is 30.3 Å². The molecule has 2 aromatic carbocycles. The monoisotopic (exact) mass is 570 g/mol. The van der Waals surface area contributed by atoms with Crippen LogP contribution in [0.4, 0.5) is 0 Å². The predicted octanol–water partition coefficient (Wildman–Crippen LogP) is 7.18. The van der Waals surface area contributed by atoms with Crippen molar-refractivity contribution in [1.82, 2.24) is 10.1 Å². The normalized spacial score (nSPS) is 26.4. The molecule has 2 N–H and O–H groups in total. The van der Waals surface area contributed by atoms with Gasteiger partial charge in [-0.3, -0.25) is 0 Å². The Morgan fingerprint density at radius 3 is 2.58 bits per heavy atom. The van der Waals surface area contributed by atoms with Gasteiger partial charge in [-0.15, -0.1) is 11.3 Å². The molecule has 1 spiro atoms. The first kappa shape index (κ1) is 24.5. The van der Waals surface area contributed by atoms with Crippen LogP contribution >= 0.6 is 34.5 Å². The zero-order chi connectivity index (χ0) is 26.2. The van der Waals surface area contributed by atoms with Gasteiger partial charge in [0.2, 0.25) is 0 Å². The number of aliphatic hydroxyl groups is 1. The molecule has 0 atom stereocenters. The standard InChI is InChI=1S/C28H24Cl2N2O5S/c29-18-2-1-3-19(30)22(18)23-17(24(37-32-23)14-4-5-14)11-36-16-9-27(10-16)12-28(35,13-27)26-31-20-7-6-15(25(33)34)8-21(20)38-26/h1-3,6-8,14,16,35H,4-5,9-13H2,(H,33,34). The topological polar surface area (TPSA) is 106 Å². The summed E-state index contributed by atoms with van der Waals surface area (Å²) in [6, 6.07) is 10.3. The van der Waals surface area contributed by atoms with Gasteiger partial charge in [-0.25, -0.2) is 9.78 Å². The lowest BCUT2D eigenvalue weighted by molar-refractivity contribution is -0.215. The van der Waals surface area contributed by atoms with Gasteiger partial charge in [0, 0.05) is 17.0 Å². The van der Waals surface area contributed by atoms with E-state index >= 15 is 0 Å². The fraction of sp³-hybridized carbons (Fsp3) is 0.393. The van der Waals surface area contributed by atoms with Crippen LogP contribution in [0.3, 0.4) is 0 Å². The van der Waals surface area contributed by atoms with E-state index in [0.29, 0.717) is 57.2 Å². The zero-order valence-corrected chi connectivity index (χ0v) is 22.6. The second kappa shape index (κ2) is 8.76. The molecular formula is C28H24Cl2N2O5S. The zero-order valence-electron chi connectivity index (χ0n) is 20.2. The van der Waals surface area contributed by atoms with Crippen LogP contribution in [0.15, 0.2) is 40.9 Å². The number of nitrogens with zero attached hydrogens (tertiary/aromatic N) is 2. The number of halogens is 2. The number of fused-ring (bicyclic) bond motifs is 1. The van der Waals surface area contributed by atoms with Crippen LogP contribution in [-0.2, 0) is 16.9 Å². The highest BCUT2D eigenvalue weighted by Crippen LogP contribution is 2.65. The molecule has 196 valence electrons. The van der Waals surface area contributed by atoms with Crippen LogP contribution in [0.5, 0.6) is 0 Å². The van der Waals surface area contributed by atoms with Gasteiger partial charge in [0.15, 0.2) is 0 Å². The molecule has 0 amide bonds. The van der Waals surface area contributed by atoms with E-state index in [2.05, 4.69) is 10.1 Å². The van der Waals surface area contributed by atoms with Gasteiger partial charge in [-0.2, -0.15) is 0 Å². The predicted molar refractivity (Wildman–Crippen MR) is 144 cm³/mol. The summed E-state index contributed by atoms with van der Waals surface area (Å²) in [5.41, 5.74) is 2.26. The molecular weight excluding hydrogens is 547 g/mol. The quantitative estimate of drug-likeness (QED) is 0.242. The van der Waals surface area contributed by atoms with Crippen molar-refractivity contribution in [1.29, 1.82) is 0 Å². The molecule has 7 nitrogen and oxygen atoms in total. The van der Waals surface area contributed by atoms with E-state index in [1.807, 2.05) is 6.07 Å². The second-order valence-corrected chi connectivity index (χ2v) is 12.8. The lowest BCUT2D eigenvalue weighted by Crippen LogP contribution is -2.58. The first-order chi connectivity index (χ1) is 18.2. The summed E-state index contributed by atoms with van der Waals surface area (Å²) in [4.78, 5) is 15.9. The highest BCUT2D eigenvalue weighted by molar-refractivity contribution is 7.18. The lowest BCUT2D eigenvalue weighted by atomic mass is 9.49. The smallest absolute Gasteiger partial charge is 0.335 e. The molecule has 0 aliphatic heterocycles. The molecule has 0 radical (unpaired) electrons. The fourth-order valence-electron chi connectivity index (χ4n) is 6.16. The van der Waals surface area contributed by atoms with E-state index < -0.39 is 11.6 Å². The minimum Gasteiger partial charge on any atom is -0.478 e. The van der Waals surface area contributed by atoms with Crippen LogP contribution in [0.25, 0.3) is 21.5 Å². The van der Waals surface area contributed by atoms with Crippen molar-refractivity contribution in [3.8, 4) is 11.3 Å². The molecule has 10 heteroatoms. The molecule has 3 aliphatic carbocycles. The summed E-state index contributed by atoms with van der Waals surface area (Å²) in [5.74, 6) is 0.261. The minimum absolute atomic E-state index is 0.0480. The number of benzene rings is 2. The van der Waals surface area contributed by atoms with E-state index in [9.17, 15) is 15.0 Å². The lowest BCUT2D eigenvalue weighted by Gasteiger charge is -2.60. The third kappa shape index (κ3) is 4.05. The molecule has 3 fully saturated rings. The van der Waals surface area contributed by atoms with E-state index in [0.717, 1.165) is 41.7 Å². The second-order valence-electron chi connectivity index (χ2n) is 11.0. The summed E-state index contributed by atoms with van der Waals surface area (Å²) in [6.07, 6.45) is 5.24. The number of carbonyl (C=O) groups is 1. The van der Waals surface area contributed by atoms with Gasteiger partial charge in [0.1, 0.15) is 22.1 Å². The molecule has 0 bridgehead atoms. The SMILES string of the molecule is O=C(O)c1ccc2nc(C3(O)CC4(CC(OCc5c(-c6c(Cl)cccc6Cl)noc5C5CC5)C4)C3)sc2c1. The van der Waals surface area contributed by atoms with Crippen molar-refractivity contribution in [2.75, 3.05) is 0 Å². The van der Waals surface area contributed by atoms with Crippen molar-refractivity contribution in [2.24, 2.45) is 5.41 Å². The van der Waals surface area contributed by atoms with Gasteiger partial charge in [0.25, 0.3) is 0 Å². The van der Waals surface area contributed by atoms with E-state index in [1.165, 1.54) is 11.3 Å². The highest BCUT2D eigenvalue weighted by Gasteiger charge is 2.61. The van der Waals surface area contributed by atoms with Crippen molar-refractivity contribution >= 4 is 50.7 Å². The molecule has 0 saturated heterocycles. The highest BCUT2D eigenvalue weighted by atomic mass is 35.5. The summed E-state index contributed by atoms with van der Waals surface area (Å²) in [6.45, 7) is 0.376. The molecule has 7 rings (SSSR count). The van der Waals surface area contributed by atoms with Crippen LogP contribution in [-0.4, -0.2) is 32.4 Å². The Kier molecular flexibility index (Phi) is 5.66. The average molecular weight is 571 g/mol. The molecule has 4 aromatic rings. The van der Waals surface area contributed by atoms with Crippen LogP contribution in [0, 0.1) is 5.41 Å². The maximum atomic E-state index is 11.3. The first-order valence-corrected chi connectivity index (χ1v) is 14.2. The van der Waals surface area contributed by atoms with Crippen molar-refractivity contribution in [3.05, 3.63) is 68.3 Å². The van der Waals surface area contributed by atoms with Crippen molar-refractivity contribution < 1.29 is 24.3 Å². The Hall–Kier alpha value is -2.49. The number of ether oxygens (including phenoxy) is 1. The molecule has 3 saturated carbocycles. The number of carboxylic acids is 1. The van der Waals surface area contributed by atoms with Crippen LogP contribution < -0.4 is 0 Å². The molecule has 0 unspecified atom stereocenters. The third-order valence-corrected chi connectivity index (χ3v) is 9.96. The summed E-state index contributed by atoms with van der Waals surface area (Å²) in [7, 11) is 0. The molecule has 38 heavy (non-hydrogen) atoms. The van der Waals surface area contributed by atoms with Crippen molar-refractivity contribution in [3.63, 3.8) is 0 Å². The number of hydrogen-bond acceptors (Lipinski definition) is 7. The summed E-state index contributed by atoms with van der Waals surface area (Å²) in [5, 5.41) is 26.6. The number of thiazole rings is 1. The number of aromatic nitrogens is 2. The van der Waals surface area contributed by atoms with Gasteiger partial charge in [-0.1, -0.05) is 34.4 Å². The molecule has 2 heterocycles. The third-order valence-electron chi connectivity index (χ3n) is 8.12. The van der Waals surface area contributed by atoms with Crippen LogP contribution in [0.2, 0.25) is 10.0 Å². The van der Waals surface area contributed by atoms with Gasteiger partial charge in [-0.05, 0) is 74.3 Å². The average Bonchev–Trinajstić information content (AvgIpc) is 3.45. The van der Waals surface area contributed by atoms with Gasteiger partial charge >= 0.3 is 5.97 Å². The number of aromatic carboxylic acids is 1. The first-order valence-electron chi connectivity index (χ1n) is 12.6. The summed E-state index contributed by atoms with van der Waals surface area (Å²) >= 11 is 14.3. The Bertz CT molecular complexity index is 1560. The number of carboxylic acid groups (broad SMARTS) is 1. The fourth-order valence-corrected chi connectivity index (χ4v) is 7.83. The Balaban J connectivity index is 1.02. The van der Waals surface area contributed by atoms with Gasteiger partial charge < -0.3 is 19.5 Å². The maximum absolute atomic E-state index is 11.3. The summed E-state index contributed by atoms with van der Waals surface area (Å²) < 4.78 is 12.9. The maximum Gasteiger partial charge on any atom is 0.335 e. The molecule has 3 aliphatic rings. The Labute approximate surface area is 232 Å². The van der Waals surface area contributed by atoms with E-state index in [4.69, 9.17) is 32.5 Å². The number of rotatable bonds is 7.